The second-order valence-corrected chi connectivity index (χ2v) is 10.5. The molecule has 35 heavy (non-hydrogen) atoms. The average molecular weight is 487 g/mol. The van der Waals surface area contributed by atoms with Crippen LogP contribution in [0, 0.1) is 6.92 Å². The highest BCUT2D eigenvalue weighted by Gasteiger charge is 2.39. The lowest BCUT2D eigenvalue weighted by atomic mass is 10.2. The Balaban J connectivity index is 1.47. The van der Waals surface area contributed by atoms with Crippen LogP contribution in [0.5, 0.6) is 0 Å². The first-order valence-electron chi connectivity index (χ1n) is 12.5. The predicted molar refractivity (Wildman–Crippen MR) is 131 cm³/mol. The molecule has 1 saturated heterocycles. The van der Waals surface area contributed by atoms with Crippen LogP contribution >= 0.6 is 0 Å². The molecule has 1 aliphatic heterocycles. The van der Waals surface area contributed by atoms with Crippen molar-refractivity contribution in [2.75, 3.05) is 33.4 Å². The third-order valence-electron chi connectivity index (χ3n) is 6.32. The average Bonchev–Trinajstić information content (AvgIpc) is 3.61. The van der Waals surface area contributed by atoms with E-state index in [0.717, 1.165) is 48.3 Å². The monoisotopic (exact) mass is 486 g/mol. The summed E-state index contributed by atoms with van der Waals surface area (Å²) in [5.74, 6) is 0.937. The van der Waals surface area contributed by atoms with Crippen molar-refractivity contribution in [3.8, 4) is 0 Å². The predicted octanol–water partition coefficient (Wildman–Crippen LogP) is 3.35. The van der Waals surface area contributed by atoms with Gasteiger partial charge in [0.1, 0.15) is 11.4 Å². The van der Waals surface area contributed by atoms with Gasteiger partial charge in [0.25, 0.3) is 5.91 Å². The van der Waals surface area contributed by atoms with Crippen molar-refractivity contribution in [1.29, 1.82) is 0 Å². The van der Waals surface area contributed by atoms with E-state index in [0.29, 0.717) is 26.3 Å². The molecule has 0 radical (unpaired) electrons. The van der Waals surface area contributed by atoms with Gasteiger partial charge in [-0.2, -0.15) is 0 Å². The lowest BCUT2D eigenvalue weighted by Crippen LogP contribution is -2.53. The molecule has 2 aromatic heterocycles. The zero-order chi connectivity index (χ0) is 25.2. The Hall–Kier alpha value is -2.65. The maximum atomic E-state index is 13.5. The van der Waals surface area contributed by atoms with Crippen LogP contribution in [-0.2, 0) is 32.0 Å². The van der Waals surface area contributed by atoms with Gasteiger partial charge in [0.2, 0.25) is 0 Å². The summed E-state index contributed by atoms with van der Waals surface area (Å²) in [5.41, 5.74) is 2.54. The molecule has 2 amide bonds. The van der Waals surface area contributed by atoms with Crippen molar-refractivity contribution in [2.24, 2.45) is 0 Å². The highest BCUT2D eigenvalue weighted by atomic mass is 16.6. The molecule has 0 bridgehead atoms. The third kappa shape index (κ3) is 6.32. The van der Waals surface area contributed by atoms with Crippen molar-refractivity contribution in [1.82, 2.24) is 19.2 Å². The van der Waals surface area contributed by atoms with Gasteiger partial charge >= 0.3 is 6.09 Å². The molecule has 3 heterocycles. The summed E-state index contributed by atoms with van der Waals surface area (Å²) in [5, 5.41) is 0. The summed E-state index contributed by atoms with van der Waals surface area (Å²) in [7, 11) is 1.71. The largest absolute Gasteiger partial charge is 0.444 e. The second kappa shape index (κ2) is 10.5. The number of aromatic nitrogens is 2. The van der Waals surface area contributed by atoms with E-state index in [2.05, 4.69) is 22.7 Å². The first-order valence-corrected chi connectivity index (χ1v) is 12.5. The number of ether oxygens (including phenoxy) is 3. The minimum absolute atomic E-state index is 0.0667. The molecular formula is C26H38N4O5. The van der Waals surface area contributed by atoms with E-state index < -0.39 is 17.8 Å². The Kier molecular flexibility index (Phi) is 7.66. The van der Waals surface area contributed by atoms with Crippen molar-refractivity contribution in [2.45, 2.75) is 77.7 Å². The topological polar surface area (TPSA) is 85.6 Å². The third-order valence-corrected chi connectivity index (χ3v) is 6.32. The Bertz CT molecular complexity index is 1060. The summed E-state index contributed by atoms with van der Waals surface area (Å²) in [6.07, 6.45) is 4.72. The van der Waals surface area contributed by atoms with Crippen molar-refractivity contribution in [3.63, 3.8) is 0 Å². The van der Waals surface area contributed by atoms with Gasteiger partial charge in [0.05, 0.1) is 24.4 Å². The van der Waals surface area contributed by atoms with Crippen LogP contribution in [0.4, 0.5) is 4.79 Å². The van der Waals surface area contributed by atoms with Crippen LogP contribution in [-0.4, -0.2) is 82.3 Å². The molecule has 2 aliphatic rings. The van der Waals surface area contributed by atoms with Crippen LogP contribution in [0.25, 0.3) is 5.52 Å². The first kappa shape index (κ1) is 25.4. The van der Waals surface area contributed by atoms with Gasteiger partial charge in [0, 0.05) is 45.5 Å². The molecule has 0 N–H and O–H groups in total. The van der Waals surface area contributed by atoms with Gasteiger partial charge in [-0.15, -0.1) is 0 Å². The quantitative estimate of drug-likeness (QED) is 0.532. The Labute approximate surface area is 207 Å². The molecule has 1 saturated carbocycles. The van der Waals surface area contributed by atoms with E-state index in [-0.39, 0.29) is 18.5 Å². The van der Waals surface area contributed by atoms with Gasteiger partial charge in [-0.25, -0.2) is 9.78 Å². The number of imidazole rings is 1. The number of pyridine rings is 1. The maximum absolute atomic E-state index is 13.5. The van der Waals surface area contributed by atoms with Crippen LogP contribution in [0.15, 0.2) is 18.3 Å². The van der Waals surface area contributed by atoms with Gasteiger partial charge in [-0.3, -0.25) is 4.79 Å². The molecule has 2 fully saturated rings. The first-order chi connectivity index (χ1) is 16.7. The fourth-order valence-corrected chi connectivity index (χ4v) is 4.45. The number of methoxy groups -OCH3 is 1. The molecule has 1 aliphatic carbocycles. The van der Waals surface area contributed by atoms with E-state index in [9.17, 15) is 9.59 Å². The molecule has 0 aromatic carbocycles. The number of aryl methyl sites for hydroxylation is 2. The smallest absolute Gasteiger partial charge is 0.410 e. The van der Waals surface area contributed by atoms with Crippen molar-refractivity contribution in [3.05, 3.63) is 35.4 Å². The standard InChI is InChI=1S/C26H38N4O5/c1-18-21-11-8-19(16-30(21)23(27-18)7-6-13-33-5)15-29(20-9-10-20)24(31)22-17-28(12-14-34-22)25(32)35-26(2,3)4/h8,11,16,20,22H,6-7,9-10,12-15,17H2,1-5H3/t22-/m1/s1. The molecule has 4 rings (SSSR count). The van der Waals surface area contributed by atoms with E-state index in [1.54, 1.807) is 12.0 Å². The number of morpholine rings is 1. The molecule has 2 aromatic rings. The van der Waals surface area contributed by atoms with Gasteiger partial charge in [0.15, 0.2) is 6.10 Å². The fraction of sp³-hybridized carbons (Fsp3) is 0.654. The summed E-state index contributed by atoms with van der Waals surface area (Å²) < 4.78 is 18.7. The summed E-state index contributed by atoms with van der Waals surface area (Å²) in [4.78, 5) is 34.3. The lowest BCUT2D eigenvalue weighted by Gasteiger charge is -2.36. The van der Waals surface area contributed by atoms with E-state index in [4.69, 9.17) is 19.2 Å². The van der Waals surface area contributed by atoms with Crippen LogP contribution in [0.1, 0.15) is 57.1 Å². The van der Waals surface area contributed by atoms with Crippen molar-refractivity contribution >= 4 is 17.5 Å². The van der Waals surface area contributed by atoms with Gasteiger partial charge < -0.3 is 28.4 Å². The Morgan fingerprint density at radius 1 is 1.26 bits per heavy atom. The van der Waals surface area contributed by atoms with Gasteiger partial charge in [-0.05, 0) is 58.6 Å². The van der Waals surface area contributed by atoms with E-state index in [1.807, 2.05) is 32.6 Å². The van der Waals surface area contributed by atoms with Crippen LogP contribution in [0.3, 0.4) is 0 Å². The zero-order valence-corrected chi connectivity index (χ0v) is 21.6. The number of nitrogens with zero attached hydrogens (tertiary/aromatic N) is 4. The zero-order valence-electron chi connectivity index (χ0n) is 21.6. The molecule has 0 spiro atoms. The number of hydrogen-bond donors (Lipinski definition) is 0. The minimum Gasteiger partial charge on any atom is -0.444 e. The maximum Gasteiger partial charge on any atom is 0.410 e. The number of hydrogen-bond acceptors (Lipinski definition) is 6. The molecule has 9 nitrogen and oxygen atoms in total. The Morgan fingerprint density at radius 3 is 2.71 bits per heavy atom. The molecule has 1 atom stereocenters. The molecule has 0 unspecified atom stereocenters. The summed E-state index contributed by atoms with van der Waals surface area (Å²) in [6.45, 7) is 9.68. The van der Waals surface area contributed by atoms with E-state index in [1.165, 1.54) is 0 Å². The molecular weight excluding hydrogens is 448 g/mol. The number of fused-ring (bicyclic) bond motifs is 1. The SMILES string of the molecule is COCCCc1nc(C)c2ccc(CN(C(=O)[C@H]3CN(C(=O)OC(C)(C)C)CCO3)C3CC3)cn12. The number of amides is 2. The highest BCUT2D eigenvalue weighted by molar-refractivity contribution is 5.83. The molecule has 192 valence electrons. The number of carbonyl (C=O) groups excluding carboxylic acids is 2. The highest BCUT2D eigenvalue weighted by Crippen LogP contribution is 2.30. The van der Waals surface area contributed by atoms with Crippen LogP contribution in [0.2, 0.25) is 0 Å². The Morgan fingerprint density at radius 2 is 2.03 bits per heavy atom. The van der Waals surface area contributed by atoms with Crippen LogP contribution < -0.4 is 0 Å². The molecule has 9 heteroatoms. The number of rotatable bonds is 8. The second-order valence-electron chi connectivity index (χ2n) is 10.5. The van der Waals surface area contributed by atoms with E-state index >= 15 is 0 Å². The minimum atomic E-state index is -0.680. The summed E-state index contributed by atoms with van der Waals surface area (Å²) in [6, 6.07) is 4.36. The summed E-state index contributed by atoms with van der Waals surface area (Å²) >= 11 is 0. The lowest BCUT2D eigenvalue weighted by molar-refractivity contribution is -0.150. The van der Waals surface area contributed by atoms with Crippen molar-refractivity contribution < 1.29 is 23.8 Å². The van der Waals surface area contributed by atoms with Gasteiger partial charge in [-0.1, -0.05) is 6.07 Å². The normalized spacial score (nSPS) is 18.7. The fourth-order valence-electron chi connectivity index (χ4n) is 4.45. The number of carbonyl (C=O) groups is 2.